The highest BCUT2D eigenvalue weighted by Gasteiger charge is 2.30. The van der Waals surface area contributed by atoms with Crippen LogP contribution in [0.15, 0.2) is 0 Å². The molecule has 0 spiro atoms. The minimum absolute atomic E-state index is 0.0444. The first kappa shape index (κ1) is 12.5. The Morgan fingerprint density at radius 2 is 2.20 bits per heavy atom. The molecule has 1 aliphatic heterocycles. The van der Waals surface area contributed by atoms with Crippen LogP contribution in [0.25, 0.3) is 0 Å². The van der Waals surface area contributed by atoms with Gasteiger partial charge in [-0.15, -0.1) is 0 Å². The highest BCUT2D eigenvalue weighted by molar-refractivity contribution is 5.76. The van der Waals surface area contributed by atoms with Gasteiger partial charge in [0.05, 0.1) is 12.2 Å². The zero-order chi connectivity index (χ0) is 11.4. The number of ether oxygens (including phenoxy) is 1. The summed E-state index contributed by atoms with van der Waals surface area (Å²) in [6, 6.07) is -0.324. The Balaban J connectivity index is 2.29. The fraction of sp³-hybridized carbons (Fsp3) is 0.909. The third kappa shape index (κ3) is 4.18. The van der Waals surface area contributed by atoms with Crippen LogP contribution < -0.4 is 5.32 Å². The van der Waals surface area contributed by atoms with Gasteiger partial charge in [0.15, 0.2) is 0 Å². The fourth-order valence-corrected chi connectivity index (χ4v) is 1.89. The van der Waals surface area contributed by atoms with Gasteiger partial charge in [0.1, 0.15) is 6.04 Å². The summed E-state index contributed by atoms with van der Waals surface area (Å²) in [7, 11) is 0. The van der Waals surface area contributed by atoms with E-state index in [0.717, 1.165) is 6.42 Å². The number of β-amino-alcohol motifs (C(OH)–C–C–N with tert-alkyl or cyclic N) is 1. The average Bonchev–Trinajstić information content (AvgIpc) is 2.49. The molecule has 0 saturated carbocycles. The summed E-state index contributed by atoms with van der Waals surface area (Å²) in [5.74, 6) is 0.287. The largest absolute Gasteiger partial charge is 0.461 e. The molecule has 88 valence electrons. The lowest BCUT2D eigenvalue weighted by atomic mass is 10.1. The number of nitrogens with one attached hydrogen (secondary N) is 1. The smallest absolute Gasteiger partial charge is 0.323 e. The number of carbonyl (C=O) groups is 1. The molecular weight excluding hydrogens is 194 g/mol. The molecule has 0 bridgehead atoms. The summed E-state index contributed by atoms with van der Waals surface area (Å²) in [4.78, 5) is 11.6. The molecule has 0 aromatic carbocycles. The highest BCUT2D eigenvalue weighted by atomic mass is 16.5. The topological polar surface area (TPSA) is 58.6 Å². The van der Waals surface area contributed by atoms with Gasteiger partial charge in [0.2, 0.25) is 0 Å². The summed E-state index contributed by atoms with van der Waals surface area (Å²) < 4.78 is 5.28. The van der Waals surface area contributed by atoms with Crippen molar-refractivity contribution < 1.29 is 14.6 Å². The van der Waals surface area contributed by atoms with Crippen LogP contribution in [0.5, 0.6) is 0 Å². The van der Waals surface area contributed by atoms with Gasteiger partial charge < -0.3 is 15.2 Å². The van der Waals surface area contributed by atoms with Gasteiger partial charge in [0.25, 0.3) is 0 Å². The maximum Gasteiger partial charge on any atom is 0.323 e. The highest BCUT2D eigenvalue weighted by Crippen LogP contribution is 2.12. The van der Waals surface area contributed by atoms with Crippen LogP contribution in [0, 0.1) is 5.92 Å². The van der Waals surface area contributed by atoms with Crippen molar-refractivity contribution in [3.05, 3.63) is 0 Å². The number of carbonyl (C=O) groups excluding carboxylic acids is 1. The quantitative estimate of drug-likeness (QED) is 0.677. The van der Waals surface area contributed by atoms with E-state index in [-0.39, 0.29) is 18.1 Å². The number of hydrogen-bond donors (Lipinski definition) is 2. The number of rotatable bonds is 4. The normalized spacial score (nSPS) is 28.1. The van der Waals surface area contributed by atoms with Gasteiger partial charge in [-0.1, -0.05) is 13.8 Å². The monoisotopic (exact) mass is 215 g/mol. The van der Waals surface area contributed by atoms with Gasteiger partial charge in [-0.2, -0.15) is 0 Å². The second-order valence-corrected chi connectivity index (χ2v) is 4.73. The Hall–Kier alpha value is -0.610. The van der Waals surface area contributed by atoms with Gasteiger partial charge >= 0.3 is 5.97 Å². The predicted molar refractivity (Wildman–Crippen MR) is 57.4 cm³/mol. The summed E-state index contributed by atoms with van der Waals surface area (Å²) in [6.45, 7) is 6.59. The van der Waals surface area contributed by atoms with E-state index in [2.05, 4.69) is 19.2 Å². The molecule has 1 heterocycles. The first-order chi connectivity index (χ1) is 6.99. The molecule has 0 aliphatic carbocycles. The molecule has 0 radical (unpaired) electrons. The molecule has 1 fully saturated rings. The fourth-order valence-electron chi connectivity index (χ4n) is 1.89. The Bertz CT molecular complexity index is 218. The third-order valence-corrected chi connectivity index (χ3v) is 2.51. The first-order valence-electron chi connectivity index (χ1n) is 5.61. The minimum atomic E-state index is -0.414. The van der Waals surface area contributed by atoms with Crippen molar-refractivity contribution in [2.45, 2.75) is 51.9 Å². The van der Waals surface area contributed by atoms with E-state index >= 15 is 0 Å². The van der Waals surface area contributed by atoms with E-state index in [9.17, 15) is 9.90 Å². The number of hydrogen-bond acceptors (Lipinski definition) is 4. The Morgan fingerprint density at radius 3 is 2.67 bits per heavy atom. The van der Waals surface area contributed by atoms with E-state index < -0.39 is 6.10 Å². The second-order valence-electron chi connectivity index (χ2n) is 4.73. The molecule has 3 unspecified atom stereocenters. The van der Waals surface area contributed by atoms with Gasteiger partial charge in [-0.25, -0.2) is 0 Å². The zero-order valence-electron chi connectivity index (χ0n) is 9.69. The van der Waals surface area contributed by atoms with Crippen molar-refractivity contribution in [2.24, 2.45) is 5.92 Å². The molecule has 4 heteroatoms. The minimum Gasteiger partial charge on any atom is -0.461 e. The van der Waals surface area contributed by atoms with Crippen LogP contribution in [0.1, 0.15) is 33.6 Å². The van der Waals surface area contributed by atoms with Crippen molar-refractivity contribution in [2.75, 3.05) is 6.54 Å². The van der Waals surface area contributed by atoms with Crippen LogP contribution in [0.4, 0.5) is 0 Å². The van der Waals surface area contributed by atoms with E-state index in [1.54, 1.807) is 0 Å². The lowest BCUT2D eigenvalue weighted by Gasteiger charge is -2.17. The lowest BCUT2D eigenvalue weighted by molar-refractivity contribution is -0.151. The summed E-state index contributed by atoms with van der Waals surface area (Å²) in [5.41, 5.74) is 0. The molecule has 15 heavy (non-hydrogen) atoms. The van der Waals surface area contributed by atoms with Crippen molar-refractivity contribution in [1.82, 2.24) is 5.32 Å². The van der Waals surface area contributed by atoms with Crippen molar-refractivity contribution in [3.63, 3.8) is 0 Å². The van der Waals surface area contributed by atoms with Crippen LogP contribution in [-0.4, -0.2) is 35.9 Å². The molecule has 1 saturated heterocycles. The Labute approximate surface area is 91.0 Å². The van der Waals surface area contributed by atoms with Crippen LogP contribution >= 0.6 is 0 Å². The molecule has 2 N–H and O–H groups in total. The van der Waals surface area contributed by atoms with E-state index in [0.29, 0.717) is 18.9 Å². The maximum atomic E-state index is 11.6. The Morgan fingerprint density at radius 1 is 1.53 bits per heavy atom. The van der Waals surface area contributed by atoms with E-state index in [1.165, 1.54) is 0 Å². The van der Waals surface area contributed by atoms with Crippen LogP contribution in [0.3, 0.4) is 0 Å². The molecule has 3 atom stereocenters. The number of aliphatic hydroxyl groups is 1. The van der Waals surface area contributed by atoms with Gasteiger partial charge in [0, 0.05) is 13.0 Å². The molecule has 0 aromatic rings. The first-order valence-corrected chi connectivity index (χ1v) is 5.61. The van der Waals surface area contributed by atoms with Crippen molar-refractivity contribution in [3.8, 4) is 0 Å². The SMILES string of the molecule is CC(C)CC(C)OC(=O)C1CC(O)CN1. The molecule has 1 aliphatic rings. The Kier molecular flexibility index (Phi) is 4.54. The van der Waals surface area contributed by atoms with Crippen molar-refractivity contribution in [1.29, 1.82) is 0 Å². The molecule has 4 nitrogen and oxygen atoms in total. The van der Waals surface area contributed by atoms with Crippen LogP contribution in [0.2, 0.25) is 0 Å². The van der Waals surface area contributed by atoms with Gasteiger partial charge in [-0.3, -0.25) is 4.79 Å². The molecular formula is C11H21NO3. The number of esters is 1. The summed E-state index contributed by atoms with van der Waals surface area (Å²) in [5, 5.41) is 12.2. The predicted octanol–water partition coefficient (Wildman–Crippen LogP) is 0.687. The molecule has 0 amide bonds. The van der Waals surface area contributed by atoms with Crippen molar-refractivity contribution >= 4 is 5.97 Å². The zero-order valence-corrected chi connectivity index (χ0v) is 9.69. The van der Waals surface area contributed by atoms with Gasteiger partial charge in [-0.05, 0) is 19.3 Å². The second kappa shape index (κ2) is 5.47. The molecule has 0 aromatic heterocycles. The summed E-state index contributed by atoms with van der Waals surface area (Å²) >= 11 is 0. The summed E-state index contributed by atoms with van der Waals surface area (Å²) in [6.07, 6.45) is 0.883. The molecule has 1 rings (SSSR count). The number of aliphatic hydroxyl groups excluding tert-OH is 1. The van der Waals surface area contributed by atoms with E-state index in [4.69, 9.17) is 4.74 Å². The maximum absolute atomic E-state index is 11.6. The lowest BCUT2D eigenvalue weighted by Crippen LogP contribution is -2.34. The average molecular weight is 215 g/mol. The third-order valence-electron chi connectivity index (χ3n) is 2.51. The van der Waals surface area contributed by atoms with E-state index in [1.807, 2.05) is 6.92 Å². The standard InChI is InChI=1S/C11H21NO3/c1-7(2)4-8(3)15-11(14)10-5-9(13)6-12-10/h7-10,12-13H,4-6H2,1-3H3. The van der Waals surface area contributed by atoms with Crippen LogP contribution in [-0.2, 0) is 9.53 Å².